The number of ether oxygens (including phenoxy) is 4. The fourth-order valence-corrected chi connectivity index (χ4v) is 4.84. The molecule has 0 aromatic heterocycles. The summed E-state index contributed by atoms with van der Waals surface area (Å²) in [6.45, 7) is 6.23. The number of aliphatic hydroxyl groups excluding tert-OH is 1. The summed E-state index contributed by atoms with van der Waals surface area (Å²) in [5, 5.41) is 28.2. The van der Waals surface area contributed by atoms with E-state index in [1.165, 1.54) is 14.2 Å². The molecule has 0 unspecified atom stereocenters. The van der Waals surface area contributed by atoms with Crippen molar-refractivity contribution < 1.29 is 43.9 Å². The molecule has 0 aliphatic heterocycles. The largest absolute Gasteiger partial charge is 0.493 e. The van der Waals surface area contributed by atoms with Crippen LogP contribution in [-0.2, 0) is 42.3 Å². The number of aryl methyl sites for hydroxylation is 2. The molecule has 0 atom stereocenters. The summed E-state index contributed by atoms with van der Waals surface area (Å²) in [4.78, 5) is 21.9. The average Bonchev–Trinajstić information content (AvgIpc) is 2.95. The van der Waals surface area contributed by atoms with E-state index in [2.05, 4.69) is 0 Å². The van der Waals surface area contributed by atoms with Crippen molar-refractivity contribution in [2.75, 3.05) is 14.2 Å². The van der Waals surface area contributed by atoms with Crippen LogP contribution in [0.2, 0.25) is 0 Å². The number of aliphatic carboxylic acids is 2. The van der Waals surface area contributed by atoms with Crippen molar-refractivity contribution in [2.24, 2.45) is 0 Å². The molecule has 0 spiro atoms. The third-order valence-corrected chi connectivity index (χ3v) is 7.33. The van der Waals surface area contributed by atoms with E-state index in [1.807, 2.05) is 32.9 Å². The van der Waals surface area contributed by atoms with Crippen molar-refractivity contribution in [1.82, 2.24) is 0 Å². The van der Waals surface area contributed by atoms with Crippen LogP contribution >= 0.6 is 0 Å². The van der Waals surface area contributed by atoms with Crippen molar-refractivity contribution in [3.05, 3.63) is 80.9 Å². The van der Waals surface area contributed by atoms with E-state index in [9.17, 15) is 14.7 Å². The number of carbonyl (C=O) groups is 2. The molecule has 0 fully saturated rings. The lowest BCUT2D eigenvalue weighted by Crippen LogP contribution is -2.12. The molecule has 3 rings (SSSR count). The molecule has 9 heteroatoms. The Balaban J connectivity index is 1.85. The normalized spacial score (nSPS) is 10.8. The van der Waals surface area contributed by atoms with Gasteiger partial charge in [0.1, 0.15) is 13.2 Å². The first kappa shape index (κ1) is 31.3. The number of aliphatic hydroxyl groups is 1. The third kappa shape index (κ3) is 7.91. The Morgan fingerprint density at radius 3 is 1.37 bits per heavy atom. The van der Waals surface area contributed by atoms with Gasteiger partial charge in [-0.25, -0.2) is 0 Å². The van der Waals surface area contributed by atoms with Gasteiger partial charge in [0.05, 0.1) is 20.8 Å². The minimum atomic E-state index is -0.861. The molecule has 0 saturated carbocycles. The maximum absolute atomic E-state index is 10.9. The molecule has 0 radical (unpaired) electrons. The molecule has 3 aromatic carbocycles. The Morgan fingerprint density at radius 1 is 0.634 bits per heavy atom. The Hall–Kier alpha value is -4.24. The van der Waals surface area contributed by atoms with E-state index in [-0.39, 0.29) is 32.7 Å². The monoisotopic (exact) mass is 566 g/mol. The molecule has 3 aromatic rings. The van der Waals surface area contributed by atoms with E-state index in [0.29, 0.717) is 35.8 Å². The lowest BCUT2D eigenvalue weighted by molar-refractivity contribution is -0.138. The standard InChI is InChI=1S/C32H38O9/c1-19-24(16-33)20(2)26(18-41-28-11-7-23(9-13-32(36)37)15-30(28)39-5)21(3)25(19)17-40-27-10-6-22(8-12-31(34)35)14-29(27)38-4/h6-7,10-11,14-15,33H,8-9,12-13,16-18H2,1-5H3,(H,34,35)(H,36,37). The molecule has 0 bridgehead atoms. The first-order valence-corrected chi connectivity index (χ1v) is 13.3. The van der Waals surface area contributed by atoms with Crippen molar-refractivity contribution in [3.8, 4) is 23.0 Å². The molecular weight excluding hydrogens is 528 g/mol. The Bertz CT molecular complexity index is 1290. The summed E-state index contributed by atoms with van der Waals surface area (Å²) < 4.78 is 23.4. The lowest BCUT2D eigenvalue weighted by Gasteiger charge is -2.23. The molecule has 41 heavy (non-hydrogen) atoms. The highest BCUT2D eigenvalue weighted by Crippen LogP contribution is 2.34. The molecule has 0 saturated heterocycles. The highest BCUT2D eigenvalue weighted by molar-refractivity contribution is 5.67. The minimum absolute atomic E-state index is 0.0284. The zero-order valence-corrected chi connectivity index (χ0v) is 24.2. The van der Waals surface area contributed by atoms with E-state index in [4.69, 9.17) is 29.2 Å². The van der Waals surface area contributed by atoms with Crippen LogP contribution in [-0.4, -0.2) is 41.5 Å². The number of hydrogen-bond donors (Lipinski definition) is 3. The molecule has 3 N–H and O–H groups in total. The van der Waals surface area contributed by atoms with Crippen LogP contribution < -0.4 is 18.9 Å². The predicted molar refractivity (Wildman–Crippen MR) is 153 cm³/mol. The summed E-state index contributed by atoms with van der Waals surface area (Å²) in [6, 6.07) is 10.8. The molecule has 0 heterocycles. The summed E-state index contributed by atoms with van der Waals surface area (Å²) >= 11 is 0. The van der Waals surface area contributed by atoms with Crippen molar-refractivity contribution in [1.29, 1.82) is 0 Å². The topological polar surface area (TPSA) is 132 Å². The van der Waals surface area contributed by atoms with Crippen LogP contribution in [0.3, 0.4) is 0 Å². The van der Waals surface area contributed by atoms with Crippen LogP contribution in [0, 0.1) is 20.8 Å². The number of hydrogen-bond acceptors (Lipinski definition) is 7. The molecule has 0 aliphatic rings. The quantitative estimate of drug-likeness (QED) is 0.224. The fraction of sp³-hybridized carbons (Fsp3) is 0.375. The highest BCUT2D eigenvalue weighted by Gasteiger charge is 2.19. The van der Waals surface area contributed by atoms with Crippen LogP contribution in [0.4, 0.5) is 0 Å². The van der Waals surface area contributed by atoms with Gasteiger partial charge in [-0.3, -0.25) is 9.59 Å². The van der Waals surface area contributed by atoms with Gasteiger partial charge in [-0.1, -0.05) is 12.1 Å². The smallest absolute Gasteiger partial charge is 0.303 e. The second-order valence-electron chi connectivity index (χ2n) is 9.80. The summed E-state index contributed by atoms with van der Waals surface area (Å²) in [5.74, 6) is 0.366. The molecule has 0 aliphatic carbocycles. The van der Waals surface area contributed by atoms with Gasteiger partial charge in [-0.15, -0.1) is 0 Å². The van der Waals surface area contributed by atoms with Crippen LogP contribution in [0.5, 0.6) is 23.0 Å². The number of rotatable bonds is 15. The third-order valence-electron chi connectivity index (χ3n) is 7.33. The van der Waals surface area contributed by atoms with Gasteiger partial charge < -0.3 is 34.3 Å². The van der Waals surface area contributed by atoms with Crippen LogP contribution in [0.1, 0.15) is 57.3 Å². The van der Waals surface area contributed by atoms with Gasteiger partial charge in [-0.05, 0) is 102 Å². The number of benzene rings is 3. The zero-order valence-electron chi connectivity index (χ0n) is 24.2. The number of carboxylic acids is 2. The van der Waals surface area contributed by atoms with Gasteiger partial charge in [0.15, 0.2) is 23.0 Å². The van der Waals surface area contributed by atoms with E-state index in [1.54, 1.807) is 24.3 Å². The van der Waals surface area contributed by atoms with E-state index in [0.717, 1.165) is 44.5 Å². The van der Waals surface area contributed by atoms with Crippen LogP contribution in [0.25, 0.3) is 0 Å². The SMILES string of the molecule is COc1cc(CCC(=O)O)ccc1OCc1c(C)c(CO)c(C)c(COc2ccc(CCC(=O)O)cc2OC)c1C. The Morgan fingerprint density at radius 2 is 1.02 bits per heavy atom. The molecule has 0 amide bonds. The Kier molecular flexibility index (Phi) is 11.0. The molecule has 220 valence electrons. The second kappa shape index (κ2) is 14.4. The summed E-state index contributed by atoms with van der Waals surface area (Å²) in [5.41, 5.74) is 7.18. The van der Waals surface area contributed by atoms with Gasteiger partial charge in [0.2, 0.25) is 0 Å². The maximum atomic E-state index is 10.9. The van der Waals surface area contributed by atoms with Crippen molar-refractivity contribution in [3.63, 3.8) is 0 Å². The highest BCUT2D eigenvalue weighted by atomic mass is 16.5. The second-order valence-corrected chi connectivity index (χ2v) is 9.80. The summed E-state index contributed by atoms with van der Waals surface area (Å²) in [7, 11) is 3.08. The number of carboxylic acid groups (broad SMARTS) is 2. The van der Waals surface area contributed by atoms with Crippen molar-refractivity contribution >= 4 is 11.9 Å². The van der Waals surface area contributed by atoms with E-state index >= 15 is 0 Å². The Labute approximate surface area is 240 Å². The van der Waals surface area contributed by atoms with E-state index < -0.39 is 11.9 Å². The van der Waals surface area contributed by atoms with Crippen LogP contribution in [0.15, 0.2) is 36.4 Å². The first-order valence-electron chi connectivity index (χ1n) is 13.3. The lowest BCUT2D eigenvalue weighted by atomic mass is 9.89. The molecule has 9 nitrogen and oxygen atoms in total. The minimum Gasteiger partial charge on any atom is -0.493 e. The average molecular weight is 567 g/mol. The number of methoxy groups -OCH3 is 2. The first-order chi connectivity index (χ1) is 19.6. The van der Waals surface area contributed by atoms with Gasteiger partial charge in [-0.2, -0.15) is 0 Å². The zero-order chi connectivity index (χ0) is 30.1. The van der Waals surface area contributed by atoms with Crippen molar-refractivity contribution in [2.45, 2.75) is 66.3 Å². The molecular formula is C32H38O9. The van der Waals surface area contributed by atoms with Gasteiger partial charge >= 0.3 is 11.9 Å². The van der Waals surface area contributed by atoms with Gasteiger partial charge in [0, 0.05) is 12.8 Å². The summed E-state index contributed by atoms with van der Waals surface area (Å²) in [6.07, 6.45) is 0.837. The van der Waals surface area contributed by atoms with Gasteiger partial charge in [0.25, 0.3) is 0 Å². The maximum Gasteiger partial charge on any atom is 0.303 e. The fourth-order valence-electron chi connectivity index (χ4n) is 4.84. The predicted octanol–water partition coefficient (Wildman–Crippen LogP) is 5.31.